The second kappa shape index (κ2) is 6.31. The number of hydrogen-bond acceptors (Lipinski definition) is 5. The molecule has 0 N–H and O–H groups in total. The minimum absolute atomic E-state index is 0.260. The van der Waals surface area contributed by atoms with Crippen molar-refractivity contribution in [2.75, 3.05) is 12.4 Å². The molecule has 0 bridgehead atoms. The first-order chi connectivity index (χ1) is 9.04. The first-order valence-electron chi connectivity index (χ1n) is 6.43. The summed E-state index contributed by atoms with van der Waals surface area (Å²) in [4.78, 5) is 12.2. The van der Waals surface area contributed by atoms with Crippen LogP contribution in [0.25, 0.3) is 0 Å². The summed E-state index contributed by atoms with van der Waals surface area (Å²) < 4.78 is 10.4. The lowest BCUT2D eigenvalue weighted by atomic mass is 10.0. The van der Waals surface area contributed by atoms with E-state index in [1.807, 2.05) is 18.7 Å². The highest BCUT2D eigenvalue weighted by Crippen LogP contribution is 2.44. The van der Waals surface area contributed by atoms with Gasteiger partial charge >= 0.3 is 5.97 Å². The zero-order valence-corrected chi connectivity index (χ0v) is 13.7. The third-order valence-corrected chi connectivity index (χ3v) is 6.14. The number of ether oxygens (including phenoxy) is 1. The normalized spacial score (nSPS) is 27.3. The summed E-state index contributed by atoms with van der Waals surface area (Å²) in [5.41, 5.74) is 1.12. The highest BCUT2D eigenvalue weighted by atomic mass is 79.9. The van der Waals surface area contributed by atoms with Crippen molar-refractivity contribution in [1.82, 2.24) is 5.16 Å². The Kier molecular flexibility index (Phi) is 4.95. The van der Waals surface area contributed by atoms with E-state index in [2.05, 4.69) is 28.0 Å². The van der Waals surface area contributed by atoms with Gasteiger partial charge in [-0.25, -0.2) is 4.79 Å². The predicted molar refractivity (Wildman–Crippen MR) is 78.9 cm³/mol. The van der Waals surface area contributed by atoms with Crippen LogP contribution in [-0.2, 0) is 4.74 Å². The Hall–Kier alpha value is -0.490. The van der Waals surface area contributed by atoms with Gasteiger partial charge in [-0.15, -0.1) is 11.8 Å². The largest absolute Gasteiger partial charge is 0.461 e. The zero-order valence-electron chi connectivity index (χ0n) is 11.3. The van der Waals surface area contributed by atoms with Crippen molar-refractivity contribution in [3.8, 4) is 0 Å². The molecule has 4 nitrogen and oxygen atoms in total. The minimum atomic E-state index is -0.403. The van der Waals surface area contributed by atoms with Gasteiger partial charge in [-0.2, -0.15) is 0 Å². The molecule has 3 atom stereocenters. The summed E-state index contributed by atoms with van der Waals surface area (Å²) in [6, 6.07) is 0. The van der Waals surface area contributed by atoms with Crippen LogP contribution in [0.15, 0.2) is 4.52 Å². The van der Waals surface area contributed by atoms with Crippen molar-refractivity contribution in [1.29, 1.82) is 0 Å². The summed E-state index contributed by atoms with van der Waals surface area (Å²) in [5.74, 6) is 2.13. The number of hydrogen-bond donors (Lipinski definition) is 0. The summed E-state index contributed by atoms with van der Waals surface area (Å²) in [6.07, 6.45) is 0.990. The summed E-state index contributed by atoms with van der Waals surface area (Å²) >= 11 is 5.57. The molecular weight excluding hydrogens is 330 g/mol. The summed E-state index contributed by atoms with van der Waals surface area (Å²) in [7, 11) is 0. The van der Waals surface area contributed by atoms with Crippen molar-refractivity contribution < 1.29 is 14.1 Å². The molecule has 1 fully saturated rings. The van der Waals surface area contributed by atoms with Gasteiger partial charge in [0.15, 0.2) is 11.5 Å². The fraction of sp³-hybridized carbons (Fsp3) is 0.692. The molecule has 1 aromatic rings. The number of alkyl halides is 1. The molecule has 1 aliphatic heterocycles. The molecule has 0 aromatic carbocycles. The maximum atomic E-state index is 11.7. The molecule has 19 heavy (non-hydrogen) atoms. The molecule has 1 aliphatic rings. The van der Waals surface area contributed by atoms with Gasteiger partial charge in [-0.3, -0.25) is 0 Å². The van der Waals surface area contributed by atoms with Crippen molar-refractivity contribution in [3.63, 3.8) is 0 Å². The molecule has 6 heteroatoms. The number of thioether (sulfide) groups is 1. The monoisotopic (exact) mass is 347 g/mol. The lowest BCUT2D eigenvalue weighted by molar-refractivity contribution is 0.0514. The SMILES string of the molecule is CCOC(=O)c1noc([C@H]2CC(Br)C(C)CS2)c1C. The van der Waals surface area contributed by atoms with E-state index in [0.29, 0.717) is 23.0 Å². The van der Waals surface area contributed by atoms with Gasteiger partial charge in [0.2, 0.25) is 0 Å². The Bertz CT molecular complexity index is 463. The molecular formula is C13H18BrNO3S. The molecule has 0 radical (unpaired) electrons. The van der Waals surface area contributed by atoms with Crippen molar-refractivity contribution >= 4 is 33.7 Å². The van der Waals surface area contributed by atoms with Crippen LogP contribution in [0, 0.1) is 12.8 Å². The van der Waals surface area contributed by atoms with Gasteiger partial charge in [0.25, 0.3) is 0 Å². The van der Waals surface area contributed by atoms with E-state index in [0.717, 1.165) is 23.5 Å². The van der Waals surface area contributed by atoms with E-state index in [4.69, 9.17) is 9.26 Å². The Morgan fingerprint density at radius 3 is 3.00 bits per heavy atom. The van der Waals surface area contributed by atoms with Gasteiger partial charge in [-0.05, 0) is 31.9 Å². The topological polar surface area (TPSA) is 52.3 Å². The summed E-state index contributed by atoms with van der Waals surface area (Å²) in [6.45, 7) is 6.24. The van der Waals surface area contributed by atoms with Crippen LogP contribution in [0.4, 0.5) is 0 Å². The van der Waals surface area contributed by atoms with E-state index in [1.54, 1.807) is 6.92 Å². The molecule has 2 unspecified atom stereocenters. The van der Waals surface area contributed by atoms with Crippen LogP contribution in [0.5, 0.6) is 0 Å². The minimum Gasteiger partial charge on any atom is -0.461 e. The van der Waals surface area contributed by atoms with E-state index in [1.165, 1.54) is 0 Å². The highest BCUT2D eigenvalue weighted by molar-refractivity contribution is 9.09. The van der Waals surface area contributed by atoms with Gasteiger partial charge in [0.05, 0.1) is 11.9 Å². The molecule has 2 heterocycles. The Balaban J connectivity index is 2.16. The molecule has 0 amide bonds. The maximum absolute atomic E-state index is 11.7. The lowest BCUT2D eigenvalue weighted by Gasteiger charge is -2.29. The van der Waals surface area contributed by atoms with Gasteiger partial charge < -0.3 is 9.26 Å². The standard InChI is InChI=1S/C13H18BrNO3S/c1-4-17-13(16)11-8(3)12(18-15-11)10-5-9(14)7(2)6-19-10/h7,9-10H,4-6H2,1-3H3/t7?,9?,10-/m1/s1. The molecule has 1 aromatic heterocycles. The maximum Gasteiger partial charge on any atom is 0.360 e. The van der Waals surface area contributed by atoms with E-state index in [-0.39, 0.29) is 5.25 Å². The van der Waals surface area contributed by atoms with Crippen molar-refractivity contribution in [2.24, 2.45) is 5.92 Å². The third kappa shape index (κ3) is 3.16. The molecule has 0 spiro atoms. The van der Waals surface area contributed by atoms with Crippen molar-refractivity contribution in [2.45, 2.75) is 37.3 Å². The Morgan fingerprint density at radius 1 is 1.63 bits per heavy atom. The number of halogens is 1. The van der Waals surface area contributed by atoms with Crippen LogP contribution in [-0.4, -0.2) is 28.3 Å². The molecule has 1 saturated heterocycles. The van der Waals surface area contributed by atoms with Crippen LogP contribution < -0.4 is 0 Å². The molecule has 0 saturated carbocycles. The number of aromatic nitrogens is 1. The van der Waals surface area contributed by atoms with Gasteiger partial charge in [0.1, 0.15) is 0 Å². The third-order valence-electron chi connectivity index (χ3n) is 3.34. The van der Waals surface area contributed by atoms with Crippen LogP contribution in [0.3, 0.4) is 0 Å². The number of rotatable bonds is 3. The Morgan fingerprint density at radius 2 is 2.37 bits per heavy atom. The average Bonchev–Trinajstić information content (AvgIpc) is 2.75. The smallest absolute Gasteiger partial charge is 0.360 e. The van der Waals surface area contributed by atoms with Gasteiger partial charge in [0, 0.05) is 10.4 Å². The summed E-state index contributed by atoms with van der Waals surface area (Å²) in [5, 5.41) is 4.14. The second-order valence-corrected chi connectivity index (χ2v) is 7.20. The molecule has 0 aliphatic carbocycles. The van der Waals surface area contributed by atoms with E-state index in [9.17, 15) is 4.79 Å². The number of nitrogens with zero attached hydrogens (tertiary/aromatic N) is 1. The zero-order chi connectivity index (χ0) is 14.0. The average molecular weight is 348 g/mol. The molecule has 106 valence electrons. The molecule has 2 rings (SSSR count). The predicted octanol–water partition coefficient (Wildman–Crippen LogP) is 3.74. The van der Waals surface area contributed by atoms with Crippen molar-refractivity contribution in [3.05, 3.63) is 17.0 Å². The van der Waals surface area contributed by atoms with E-state index >= 15 is 0 Å². The van der Waals surface area contributed by atoms with Gasteiger partial charge in [-0.1, -0.05) is 28.0 Å². The fourth-order valence-electron chi connectivity index (χ4n) is 2.10. The van der Waals surface area contributed by atoms with E-state index < -0.39 is 5.97 Å². The highest BCUT2D eigenvalue weighted by Gasteiger charge is 2.32. The van der Waals surface area contributed by atoms with Crippen LogP contribution in [0.2, 0.25) is 0 Å². The lowest BCUT2D eigenvalue weighted by Crippen LogP contribution is -2.22. The Labute approximate surface area is 125 Å². The first-order valence-corrected chi connectivity index (χ1v) is 8.40. The number of carbonyl (C=O) groups excluding carboxylic acids is 1. The number of carbonyl (C=O) groups is 1. The number of esters is 1. The quantitative estimate of drug-likeness (QED) is 0.615. The van der Waals surface area contributed by atoms with Crippen LogP contribution >= 0.6 is 27.7 Å². The first kappa shape index (κ1) is 14.9. The second-order valence-electron chi connectivity index (χ2n) is 4.79. The fourth-order valence-corrected chi connectivity index (χ4v) is 4.64. The van der Waals surface area contributed by atoms with Crippen LogP contribution in [0.1, 0.15) is 47.3 Å².